The van der Waals surface area contributed by atoms with Crippen molar-refractivity contribution in [2.24, 2.45) is 28.8 Å². The molecule has 0 radical (unpaired) electrons. The van der Waals surface area contributed by atoms with Crippen LogP contribution >= 0.6 is 0 Å². The maximum atomic E-state index is 12.6. The Morgan fingerprint density at radius 2 is 1.81 bits per heavy atom. The van der Waals surface area contributed by atoms with Gasteiger partial charge in [0.25, 0.3) is 11.8 Å². The van der Waals surface area contributed by atoms with E-state index in [1.807, 2.05) is 25.1 Å². The molecule has 0 unspecified atom stereocenters. The minimum atomic E-state index is -0.301. The number of amides is 2. The fraction of sp³-hybridized carbons (Fsp3) is 0.300. The zero-order chi connectivity index (χ0) is 18.0. The third-order valence-corrected chi connectivity index (χ3v) is 5.71. The van der Waals surface area contributed by atoms with Crippen LogP contribution in [0.3, 0.4) is 0 Å². The van der Waals surface area contributed by atoms with Crippen molar-refractivity contribution in [1.82, 2.24) is 5.01 Å². The molecule has 1 saturated carbocycles. The first kappa shape index (κ1) is 15.3. The van der Waals surface area contributed by atoms with Gasteiger partial charge in [-0.1, -0.05) is 23.8 Å². The highest BCUT2D eigenvalue weighted by Crippen LogP contribution is 2.52. The average Bonchev–Trinajstić information content (AvgIpc) is 3.30. The molecule has 3 aliphatic rings. The summed E-state index contributed by atoms with van der Waals surface area (Å²) in [6.07, 6.45) is 7.49. The van der Waals surface area contributed by atoms with E-state index in [0.29, 0.717) is 11.0 Å². The Labute approximate surface area is 148 Å². The monoisotopic (exact) mass is 348 g/mol. The van der Waals surface area contributed by atoms with Crippen LogP contribution in [-0.4, -0.2) is 23.0 Å². The molecule has 5 rings (SSSR count). The molecule has 130 valence electrons. The number of aryl methyl sites for hydroxylation is 1. The maximum absolute atomic E-state index is 12.6. The summed E-state index contributed by atoms with van der Waals surface area (Å²) in [6.45, 7) is 1.89. The standard InChI is InChI=1S/C20H16N2O4/c1-10-2-5-15-14(6-10)18(23)13(9-26-15)8-21-22-19(24)16-11-3-4-12(7-11)17(16)20(22)25/h2-6,8-9,11-12,16-17H,7H2,1H3/b21-8-/t11-,12-,16+,17+/m0/s1. The molecule has 6 heteroatoms. The van der Waals surface area contributed by atoms with Gasteiger partial charge in [-0.2, -0.15) is 10.1 Å². The molecule has 2 fully saturated rings. The number of hydrazone groups is 1. The van der Waals surface area contributed by atoms with Crippen LogP contribution in [0.4, 0.5) is 0 Å². The van der Waals surface area contributed by atoms with E-state index in [4.69, 9.17) is 4.42 Å². The van der Waals surface area contributed by atoms with Crippen molar-refractivity contribution in [3.8, 4) is 0 Å². The molecule has 0 spiro atoms. The zero-order valence-electron chi connectivity index (χ0n) is 14.1. The van der Waals surface area contributed by atoms with Crippen molar-refractivity contribution < 1.29 is 14.0 Å². The second-order valence-electron chi connectivity index (χ2n) is 7.25. The molecule has 2 aliphatic carbocycles. The molecular formula is C20H16N2O4. The van der Waals surface area contributed by atoms with E-state index < -0.39 is 0 Å². The summed E-state index contributed by atoms with van der Waals surface area (Å²) >= 11 is 0. The fourth-order valence-corrected chi connectivity index (χ4v) is 4.47. The fourth-order valence-electron chi connectivity index (χ4n) is 4.47. The van der Waals surface area contributed by atoms with Crippen molar-refractivity contribution in [1.29, 1.82) is 0 Å². The van der Waals surface area contributed by atoms with Crippen molar-refractivity contribution >= 4 is 29.0 Å². The van der Waals surface area contributed by atoms with Crippen molar-refractivity contribution in [2.45, 2.75) is 13.3 Å². The predicted molar refractivity (Wildman–Crippen MR) is 94.4 cm³/mol. The summed E-state index contributed by atoms with van der Waals surface area (Å²) in [5.41, 5.74) is 1.41. The third-order valence-electron chi connectivity index (χ3n) is 5.71. The molecule has 2 bridgehead atoms. The van der Waals surface area contributed by atoms with E-state index in [1.54, 1.807) is 12.1 Å². The molecule has 2 amide bonds. The number of hydrogen-bond donors (Lipinski definition) is 0. The predicted octanol–water partition coefficient (Wildman–Crippen LogP) is 2.24. The van der Waals surface area contributed by atoms with Gasteiger partial charge < -0.3 is 4.42 Å². The summed E-state index contributed by atoms with van der Waals surface area (Å²) in [5.74, 6) is -0.871. The number of nitrogens with zero attached hydrogens (tertiary/aromatic N) is 2. The number of imide groups is 1. The van der Waals surface area contributed by atoms with Gasteiger partial charge in [0.1, 0.15) is 11.8 Å². The molecule has 2 aromatic rings. The van der Waals surface area contributed by atoms with Crippen molar-refractivity contribution in [3.05, 3.63) is 58.0 Å². The number of allylic oxidation sites excluding steroid dienone is 2. The normalized spacial score (nSPS) is 29.5. The van der Waals surface area contributed by atoms with Gasteiger partial charge in [0.15, 0.2) is 0 Å². The molecule has 26 heavy (non-hydrogen) atoms. The lowest BCUT2D eigenvalue weighted by Crippen LogP contribution is -2.28. The van der Waals surface area contributed by atoms with E-state index in [9.17, 15) is 14.4 Å². The Morgan fingerprint density at radius 3 is 2.50 bits per heavy atom. The number of benzene rings is 1. The Balaban J connectivity index is 1.49. The van der Waals surface area contributed by atoms with Gasteiger partial charge in [0, 0.05) is 0 Å². The zero-order valence-corrected chi connectivity index (χ0v) is 14.1. The van der Waals surface area contributed by atoms with Crippen LogP contribution in [0.1, 0.15) is 17.5 Å². The minimum absolute atomic E-state index is 0.135. The third kappa shape index (κ3) is 1.98. The van der Waals surface area contributed by atoms with Gasteiger partial charge in [0.05, 0.1) is 29.0 Å². The van der Waals surface area contributed by atoms with Gasteiger partial charge in [-0.05, 0) is 37.3 Å². The molecule has 1 aliphatic heterocycles. The van der Waals surface area contributed by atoms with Crippen molar-refractivity contribution in [2.75, 3.05) is 0 Å². The number of carbonyl (C=O) groups is 2. The van der Waals surface area contributed by atoms with Crippen LogP contribution in [0.15, 0.2) is 50.9 Å². The number of hydrogen-bond acceptors (Lipinski definition) is 5. The second-order valence-corrected chi connectivity index (χ2v) is 7.25. The Bertz CT molecular complexity index is 1050. The summed E-state index contributed by atoms with van der Waals surface area (Å²) in [4.78, 5) is 37.8. The Kier molecular flexibility index (Phi) is 3.07. The molecule has 1 aromatic heterocycles. The molecule has 0 N–H and O–H groups in total. The van der Waals surface area contributed by atoms with Gasteiger partial charge in [-0.3, -0.25) is 14.4 Å². The van der Waals surface area contributed by atoms with Crippen molar-refractivity contribution in [3.63, 3.8) is 0 Å². The van der Waals surface area contributed by atoms with E-state index in [2.05, 4.69) is 5.10 Å². The number of carbonyl (C=O) groups excluding carboxylic acids is 2. The molecule has 2 heterocycles. The first-order chi connectivity index (χ1) is 12.5. The van der Waals surface area contributed by atoms with Gasteiger partial charge >= 0.3 is 0 Å². The van der Waals surface area contributed by atoms with Gasteiger partial charge in [0.2, 0.25) is 5.43 Å². The molecule has 6 nitrogen and oxygen atoms in total. The molecule has 4 atom stereocenters. The SMILES string of the molecule is Cc1ccc2occ(/C=N\N3C(=O)[C@H]4[C@H](C3=O)[C@H]3C=C[C@H]4C3)c(=O)c2c1. The van der Waals surface area contributed by atoms with E-state index in [-0.39, 0.29) is 46.5 Å². The van der Waals surface area contributed by atoms with Crippen LogP contribution in [0.25, 0.3) is 11.0 Å². The number of fused-ring (bicyclic) bond motifs is 6. The molecule has 1 saturated heterocycles. The number of rotatable bonds is 2. The lowest BCUT2D eigenvalue weighted by Gasteiger charge is -2.13. The van der Waals surface area contributed by atoms with Gasteiger partial charge in [-0.15, -0.1) is 0 Å². The second kappa shape index (κ2) is 5.24. The van der Waals surface area contributed by atoms with Crippen LogP contribution in [-0.2, 0) is 9.59 Å². The average molecular weight is 348 g/mol. The molecular weight excluding hydrogens is 332 g/mol. The van der Waals surface area contributed by atoms with Gasteiger partial charge in [-0.25, -0.2) is 0 Å². The first-order valence-electron chi connectivity index (χ1n) is 8.67. The summed E-state index contributed by atoms with van der Waals surface area (Å²) in [5, 5.41) is 5.43. The van der Waals surface area contributed by atoms with E-state index in [1.165, 1.54) is 12.5 Å². The Hall–Kier alpha value is -3.02. The van der Waals surface area contributed by atoms with E-state index in [0.717, 1.165) is 17.0 Å². The summed E-state index contributed by atoms with van der Waals surface area (Å²) in [6, 6.07) is 5.35. The topological polar surface area (TPSA) is 80.0 Å². The lowest BCUT2D eigenvalue weighted by molar-refractivity contribution is -0.140. The highest BCUT2D eigenvalue weighted by molar-refractivity contribution is 6.06. The van der Waals surface area contributed by atoms with Crippen LogP contribution in [0, 0.1) is 30.6 Å². The lowest BCUT2D eigenvalue weighted by atomic mass is 9.85. The highest BCUT2D eigenvalue weighted by Gasteiger charge is 2.59. The van der Waals surface area contributed by atoms with Crippen LogP contribution in [0.5, 0.6) is 0 Å². The first-order valence-corrected chi connectivity index (χ1v) is 8.67. The minimum Gasteiger partial charge on any atom is -0.463 e. The maximum Gasteiger partial charge on any atom is 0.254 e. The summed E-state index contributed by atoms with van der Waals surface area (Å²) < 4.78 is 5.48. The van der Waals surface area contributed by atoms with Crippen LogP contribution < -0.4 is 5.43 Å². The smallest absolute Gasteiger partial charge is 0.254 e. The highest BCUT2D eigenvalue weighted by atomic mass is 16.3. The quantitative estimate of drug-likeness (QED) is 0.474. The summed E-state index contributed by atoms with van der Waals surface area (Å²) in [7, 11) is 0. The van der Waals surface area contributed by atoms with Crippen LogP contribution in [0.2, 0.25) is 0 Å². The largest absolute Gasteiger partial charge is 0.463 e. The molecule has 1 aromatic carbocycles. The Morgan fingerprint density at radius 1 is 1.12 bits per heavy atom. The van der Waals surface area contributed by atoms with E-state index >= 15 is 0 Å².